The molecule has 0 heterocycles. The fourth-order valence-electron chi connectivity index (χ4n) is 1.12. The summed E-state index contributed by atoms with van der Waals surface area (Å²) in [6.07, 6.45) is -9.96. The first-order valence-corrected chi connectivity index (χ1v) is 4.03. The number of phenols is 1. The van der Waals surface area contributed by atoms with Crippen molar-refractivity contribution in [3.63, 3.8) is 0 Å². The van der Waals surface area contributed by atoms with Gasteiger partial charge in [0, 0.05) is 5.56 Å². The van der Waals surface area contributed by atoms with Gasteiger partial charge >= 0.3 is 6.18 Å². The summed E-state index contributed by atoms with van der Waals surface area (Å²) in [5.74, 6) is -0.442. The number of hydrogen-bond acceptors (Lipinski definition) is 1. The molecule has 1 nitrogen and oxygen atoms in total. The number of aromatic hydroxyl groups is 1. The van der Waals surface area contributed by atoms with E-state index in [0.29, 0.717) is 24.3 Å². The normalized spacial score (nSPS) is 16.2. The van der Waals surface area contributed by atoms with Crippen LogP contribution >= 0.6 is 0 Å². The molecule has 1 atom stereocenters. The second kappa shape index (κ2) is 3.88. The maximum atomic E-state index is 13.3. The van der Waals surface area contributed by atoms with Crippen molar-refractivity contribution in [2.24, 2.45) is 0 Å². The summed E-state index contributed by atoms with van der Waals surface area (Å²) >= 11 is 0. The third kappa shape index (κ3) is 1.94. The van der Waals surface area contributed by atoms with Gasteiger partial charge in [-0.2, -0.15) is 13.2 Å². The van der Waals surface area contributed by atoms with E-state index in [1.54, 1.807) is 0 Å². The minimum atomic E-state index is -5.72. The first-order chi connectivity index (χ1) is 7.19. The first kappa shape index (κ1) is 12.7. The first-order valence-electron chi connectivity index (χ1n) is 4.03. The Morgan fingerprint density at radius 1 is 0.938 bits per heavy atom. The average Bonchev–Trinajstić information content (AvgIpc) is 2.15. The van der Waals surface area contributed by atoms with E-state index in [9.17, 15) is 26.3 Å². The molecule has 0 spiro atoms. The van der Waals surface area contributed by atoms with Crippen LogP contribution in [-0.4, -0.2) is 17.7 Å². The van der Waals surface area contributed by atoms with Gasteiger partial charge in [-0.3, -0.25) is 0 Å². The van der Waals surface area contributed by atoms with E-state index in [2.05, 4.69) is 0 Å². The highest BCUT2D eigenvalue weighted by molar-refractivity contribution is 5.31. The molecule has 1 aromatic rings. The second-order valence-corrected chi connectivity index (χ2v) is 3.06. The number of alkyl halides is 6. The van der Waals surface area contributed by atoms with Gasteiger partial charge in [0.15, 0.2) is 0 Å². The van der Waals surface area contributed by atoms with Crippen LogP contribution < -0.4 is 0 Å². The SMILES string of the molecule is Oc1ccc(C(F)(C(F)F)C(F)(F)F)cc1. The summed E-state index contributed by atoms with van der Waals surface area (Å²) < 4.78 is 74.4. The molecule has 0 saturated heterocycles. The van der Waals surface area contributed by atoms with Crippen molar-refractivity contribution in [1.82, 2.24) is 0 Å². The molecule has 1 aromatic carbocycles. The van der Waals surface area contributed by atoms with Crippen molar-refractivity contribution in [2.45, 2.75) is 18.3 Å². The van der Waals surface area contributed by atoms with E-state index in [1.165, 1.54) is 0 Å². The van der Waals surface area contributed by atoms with Gasteiger partial charge < -0.3 is 5.11 Å². The minimum Gasteiger partial charge on any atom is -0.508 e. The summed E-state index contributed by atoms with van der Waals surface area (Å²) in [4.78, 5) is 0. The van der Waals surface area contributed by atoms with Crippen molar-refractivity contribution in [2.75, 3.05) is 0 Å². The van der Waals surface area contributed by atoms with Crippen LogP contribution in [0.3, 0.4) is 0 Å². The lowest BCUT2D eigenvalue weighted by Crippen LogP contribution is -2.44. The molecule has 90 valence electrons. The molecular weight excluding hydrogens is 238 g/mol. The lowest BCUT2D eigenvalue weighted by Gasteiger charge is -2.27. The van der Waals surface area contributed by atoms with Crippen LogP contribution in [0.25, 0.3) is 0 Å². The zero-order valence-electron chi connectivity index (χ0n) is 7.60. The Labute approximate surface area is 86.3 Å². The summed E-state index contributed by atoms with van der Waals surface area (Å²) in [7, 11) is 0. The Kier molecular flexibility index (Phi) is 3.07. The molecule has 7 heteroatoms. The second-order valence-electron chi connectivity index (χ2n) is 3.06. The van der Waals surface area contributed by atoms with Crippen molar-refractivity contribution in [3.05, 3.63) is 29.8 Å². The molecule has 0 fully saturated rings. The van der Waals surface area contributed by atoms with Crippen LogP contribution in [-0.2, 0) is 5.67 Å². The standard InChI is InChI=1S/C9H6F6O/c10-7(11)8(12,9(13,14)15)5-1-3-6(16)4-2-5/h1-4,7,16H. The van der Waals surface area contributed by atoms with E-state index >= 15 is 0 Å². The van der Waals surface area contributed by atoms with Gasteiger partial charge in [0.25, 0.3) is 12.1 Å². The highest BCUT2D eigenvalue weighted by Gasteiger charge is 2.63. The number of hydrogen-bond donors (Lipinski definition) is 1. The van der Waals surface area contributed by atoms with Crippen molar-refractivity contribution in [3.8, 4) is 5.75 Å². The van der Waals surface area contributed by atoms with E-state index < -0.39 is 29.6 Å². The summed E-state index contributed by atoms with van der Waals surface area (Å²) in [5.41, 5.74) is -5.96. The summed E-state index contributed by atoms with van der Waals surface area (Å²) in [6.45, 7) is 0. The van der Waals surface area contributed by atoms with Gasteiger partial charge in [0.05, 0.1) is 0 Å². The molecule has 1 unspecified atom stereocenters. The Hall–Kier alpha value is -1.40. The zero-order chi connectivity index (χ0) is 12.6. The summed E-state index contributed by atoms with van der Waals surface area (Å²) in [5, 5.41) is 8.77. The molecule has 1 rings (SSSR count). The lowest BCUT2D eigenvalue weighted by molar-refractivity contribution is -0.274. The third-order valence-electron chi connectivity index (χ3n) is 2.00. The monoisotopic (exact) mass is 244 g/mol. The molecule has 0 saturated carbocycles. The summed E-state index contributed by atoms with van der Waals surface area (Å²) in [6, 6.07) is 2.35. The van der Waals surface area contributed by atoms with Crippen molar-refractivity contribution < 1.29 is 31.4 Å². The topological polar surface area (TPSA) is 20.2 Å². The predicted octanol–water partition coefficient (Wildman–Crippen LogP) is 3.38. The van der Waals surface area contributed by atoms with Crippen molar-refractivity contribution in [1.29, 1.82) is 0 Å². The van der Waals surface area contributed by atoms with E-state index in [4.69, 9.17) is 5.11 Å². The largest absolute Gasteiger partial charge is 0.508 e. The van der Waals surface area contributed by atoms with Gasteiger partial charge in [0.2, 0.25) is 0 Å². The Morgan fingerprint density at radius 3 is 1.69 bits per heavy atom. The highest BCUT2D eigenvalue weighted by Crippen LogP contribution is 2.47. The Bertz CT molecular complexity index is 357. The van der Waals surface area contributed by atoms with Crippen LogP contribution in [0.2, 0.25) is 0 Å². The average molecular weight is 244 g/mol. The zero-order valence-corrected chi connectivity index (χ0v) is 7.60. The predicted molar refractivity (Wildman–Crippen MR) is 43.0 cm³/mol. The maximum absolute atomic E-state index is 13.3. The van der Waals surface area contributed by atoms with Gasteiger partial charge in [-0.05, 0) is 12.1 Å². The molecule has 1 N–H and O–H groups in total. The van der Waals surface area contributed by atoms with E-state index in [0.717, 1.165) is 0 Å². The fourth-order valence-corrected chi connectivity index (χ4v) is 1.12. The molecule has 0 aliphatic rings. The lowest BCUT2D eigenvalue weighted by atomic mass is 9.95. The molecule has 0 radical (unpaired) electrons. The van der Waals surface area contributed by atoms with E-state index in [-0.39, 0.29) is 0 Å². The molecule has 16 heavy (non-hydrogen) atoms. The molecular formula is C9H6F6O. The Morgan fingerprint density at radius 2 is 1.38 bits per heavy atom. The van der Waals surface area contributed by atoms with E-state index in [1.807, 2.05) is 0 Å². The van der Waals surface area contributed by atoms with Crippen LogP contribution in [0.15, 0.2) is 24.3 Å². The molecule has 0 aliphatic carbocycles. The number of halogens is 6. The maximum Gasteiger partial charge on any atom is 0.432 e. The number of rotatable bonds is 2. The molecule has 0 aliphatic heterocycles. The van der Waals surface area contributed by atoms with Gasteiger partial charge in [0.1, 0.15) is 5.75 Å². The number of benzene rings is 1. The molecule has 0 amide bonds. The van der Waals surface area contributed by atoms with Crippen LogP contribution in [0, 0.1) is 0 Å². The van der Waals surface area contributed by atoms with Crippen LogP contribution in [0.4, 0.5) is 26.3 Å². The highest BCUT2D eigenvalue weighted by atomic mass is 19.4. The van der Waals surface area contributed by atoms with Crippen molar-refractivity contribution >= 4 is 0 Å². The van der Waals surface area contributed by atoms with Gasteiger partial charge in [-0.1, -0.05) is 12.1 Å². The quantitative estimate of drug-likeness (QED) is 0.790. The third-order valence-corrected chi connectivity index (χ3v) is 2.00. The fraction of sp³-hybridized carbons (Fsp3) is 0.333. The smallest absolute Gasteiger partial charge is 0.432 e. The van der Waals surface area contributed by atoms with Crippen LogP contribution in [0.5, 0.6) is 5.75 Å². The van der Waals surface area contributed by atoms with Gasteiger partial charge in [-0.25, -0.2) is 13.2 Å². The minimum absolute atomic E-state index is 0.442. The number of phenolic OH excluding ortho intramolecular Hbond substituents is 1. The molecule has 0 bridgehead atoms. The van der Waals surface area contributed by atoms with Crippen LogP contribution in [0.1, 0.15) is 5.56 Å². The van der Waals surface area contributed by atoms with Gasteiger partial charge in [-0.15, -0.1) is 0 Å². The molecule has 0 aromatic heterocycles. The Balaban J connectivity index is 3.28.